The van der Waals surface area contributed by atoms with Gasteiger partial charge in [-0.2, -0.15) is 0 Å². The van der Waals surface area contributed by atoms with Crippen molar-refractivity contribution in [3.63, 3.8) is 0 Å². The van der Waals surface area contributed by atoms with E-state index >= 15 is 0 Å². The molecule has 3 rings (SSSR count). The summed E-state index contributed by atoms with van der Waals surface area (Å²) in [6, 6.07) is 4.19. The molecule has 1 N–H and O–H groups in total. The minimum absolute atomic E-state index is 0.395. The molecule has 1 fully saturated rings. The van der Waals surface area contributed by atoms with Crippen molar-refractivity contribution in [2.45, 2.75) is 0 Å². The highest BCUT2D eigenvalue weighted by Gasteiger charge is 2.19. The number of ether oxygens (including phenoxy) is 1. The standard InChI is InChI=1S/C12H15N5O2/c1-13-12-16-15-11(19-12)9-3-2-4-14-10(9)17-5-7-18-8-6-17/h2-4H,5-8H2,1H3,(H,13,16). The monoisotopic (exact) mass is 261 g/mol. The van der Waals surface area contributed by atoms with E-state index in [0.29, 0.717) is 25.1 Å². The number of morpholine rings is 1. The van der Waals surface area contributed by atoms with Crippen LogP contribution in [0.25, 0.3) is 11.5 Å². The van der Waals surface area contributed by atoms with E-state index < -0.39 is 0 Å². The molecule has 1 saturated heterocycles. The molecule has 0 unspecified atom stereocenters. The lowest BCUT2D eigenvalue weighted by Gasteiger charge is -2.28. The fourth-order valence-corrected chi connectivity index (χ4v) is 2.02. The minimum Gasteiger partial charge on any atom is -0.403 e. The van der Waals surface area contributed by atoms with E-state index in [-0.39, 0.29) is 0 Å². The van der Waals surface area contributed by atoms with E-state index in [4.69, 9.17) is 9.15 Å². The Labute approximate surface area is 110 Å². The van der Waals surface area contributed by atoms with Crippen LogP contribution in [0.5, 0.6) is 0 Å². The summed E-state index contributed by atoms with van der Waals surface area (Å²) in [5, 5.41) is 10.8. The molecule has 7 nitrogen and oxygen atoms in total. The lowest BCUT2D eigenvalue weighted by molar-refractivity contribution is 0.122. The van der Waals surface area contributed by atoms with Crippen molar-refractivity contribution < 1.29 is 9.15 Å². The van der Waals surface area contributed by atoms with Crippen LogP contribution in [0, 0.1) is 0 Å². The fourth-order valence-electron chi connectivity index (χ4n) is 2.02. The summed E-state index contributed by atoms with van der Waals surface area (Å²) in [6.07, 6.45) is 1.77. The molecule has 2 aromatic rings. The van der Waals surface area contributed by atoms with Crippen LogP contribution in [0.2, 0.25) is 0 Å². The summed E-state index contributed by atoms with van der Waals surface area (Å²) in [5.74, 6) is 1.33. The van der Waals surface area contributed by atoms with Crippen LogP contribution in [0.4, 0.5) is 11.8 Å². The predicted molar refractivity (Wildman–Crippen MR) is 70.1 cm³/mol. The normalized spacial score (nSPS) is 15.5. The molecule has 1 aliphatic heterocycles. The zero-order valence-corrected chi connectivity index (χ0v) is 10.7. The second kappa shape index (κ2) is 5.23. The highest BCUT2D eigenvalue weighted by atomic mass is 16.5. The Morgan fingerprint density at radius 1 is 1.26 bits per heavy atom. The molecule has 0 spiro atoms. The number of hydrogen-bond acceptors (Lipinski definition) is 7. The number of aromatic nitrogens is 3. The molecular weight excluding hydrogens is 246 g/mol. The first-order valence-corrected chi connectivity index (χ1v) is 6.18. The number of nitrogens with one attached hydrogen (secondary N) is 1. The van der Waals surface area contributed by atoms with Crippen molar-refractivity contribution in [1.29, 1.82) is 0 Å². The maximum absolute atomic E-state index is 5.52. The Kier molecular flexibility index (Phi) is 3.28. The number of pyridine rings is 1. The van der Waals surface area contributed by atoms with Crippen LogP contribution < -0.4 is 10.2 Å². The van der Waals surface area contributed by atoms with Gasteiger partial charge in [0.15, 0.2) is 0 Å². The van der Waals surface area contributed by atoms with Crippen LogP contribution >= 0.6 is 0 Å². The maximum atomic E-state index is 5.52. The largest absolute Gasteiger partial charge is 0.403 e. The van der Waals surface area contributed by atoms with Gasteiger partial charge >= 0.3 is 6.01 Å². The number of rotatable bonds is 3. The van der Waals surface area contributed by atoms with Crippen molar-refractivity contribution in [3.05, 3.63) is 18.3 Å². The SMILES string of the molecule is CNc1nnc(-c2cccnc2N2CCOCC2)o1. The van der Waals surface area contributed by atoms with Crippen molar-refractivity contribution >= 4 is 11.8 Å². The minimum atomic E-state index is 0.395. The number of anilines is 2. The van der Waals surface area contributed by atoms with Crippen molar-refractivity contribution in [2.75, 3.05) is 43.6 Å². The van der Waals surface area contributed by atoms with Crippen molar-refractivity contribution in [2.24, 2.45) is 0 Å². The van der Waals surface area contributed by atoms with Gasteiger partial charge in [0.1, 0.15) is 5.82 Å². The van der Waals surface area contributed by atoms with Gasteiger partial charge in [0.2, 0.25) is 0 Å². The topological polar surface area (TPSA) is 76.3 Å². The van der Waals surface area contributed by atoms with Crippen LogP contribution in [0.1, 0.15) is 0 Å². The zero-order valence-electron chi connectivity index (χ0n) is 10.7. The summed E-state index contributed by atoms with van der Waals surface area (Å²) in [7, 11) is 1.74. The highest BCUT2D eigenvalue weighted by molar-refractivity contribution is 5.70. The Morgan fingerprint density at radius 2 is 2.11 bits per heavy atom. The molecule has 0 aliphatic carbocycles. The Balaban J connectivity index is 1.96. The molecule has 100 valence electrons. The van der Waals surface area contributed by atoms with Crippen LogP contribution in [0.15, 0.2) is 22.7 Å². The van der Waals surface area contributed by atoms with Gasteiger partial charge < -0.3 is 19.4 Å². The van der Waals surface area contributed by atoms with Gasteiger partial charge in [0.25, 0.3) is 5.89 Å². The molecule has 3 heterocycles. The quantitative estimate of drug-likeness (QED) is 0.883. The van der Waals surface area contributed by atoms with Gasteiger partial charge in [-0.05, 0) is 12.1 Å². The molecule has 0 bridgehead atoms. The van der Waals surface area contributed by atoms with E-state index in [2.05, 4.69) is 25.4 Å². The summed E-state index contributed by atoms with van der Waals surface area (Å²) in [6.45, 7) is 3.05. The third-order valence-electron chi connectivity index (χ3n) is 2.97. The second-order valence-corrected chi connectivity index (χ2v) is 4.14. The number of nitrogens with zero attached hydrogens (tertiary/aromatic N) is 4. The molecule has 0 radical (unpaired) electrons. The summed E-state index contributed by atoms with van der Waals surface area (Å²) in [4.78, 5) is 6.60. The Bertz CT molecular complexity index is 551. The summed E-state index contributed by atoms with van der Waals surface area (Å²) in [5.41, 5.74) is 0.846. The molecule has 2 aromatic heterocycles. The van der Waals surface area contributed by atoms with E-state index in [1.807, 2.05) is 12.1 Å². The molecule has 0 saturated carbocycles. The first kappa shape index (κ1) is 11.9. The highest BCUT2D eigenvalue weighted by Crippen LogP contribution is 2.28. The Morgan fingerprint density at radius 3 is 2.84 bits per heavy atom. The number of hydrogen-bond donors (Lipinski definition) is 1. The van der Waals surface area contributed by atoms with Gasteiger partial charge in [-0.25, -0.2) is 4.98 Å². The summed E-state index contributed by atoms with van der Waals surface area (Å²) < 4.78 is 10.9. The lowest BCUT2D eigenvalue weighted by atomic mass is 10.2. The van der Waals surface area contributed by atoms with Gasteiger partial charge in [-0.1, -0.05) is 5.10 Å². The molecule has 0 atom stereocenters. The van der Waals surface area contributed by atoms with Crippen molar-refractivity contribution in [3.8, 4) is 11.5 Å². The molecular formula is C12H15N5O2. The smallest absolute Gasteiger partial charge is 0.315 e. The third kappa shape index (κ3) is 2.37. The Hall–Kier alpha value is -2.15. The van der Waals surface area contributed by atoms with E-state index in [1.165, 1.54) is 0 Å². The van der Waals surface area contributed by atoms with Gasteiger partial charge in [-0.15, -0.1) is 5.10 Å². The zero-order chi connectivity index (χ0) is 13.1. The average molecular weight is 261 g/mol. The average Bonchev–Trinajstić information content (AvgIpc) is 2.97. The second-order valence-electron chi connectivity index (χ2n) is 4.14. The molecule has 0 aromatic carbocycles. The van der Waals surface area contributed by atoms with Gasteiger partial charge in [0.05, 0.1) is 18.8 Å². The van der Waals surface area contributed by atoms with Crippen molar-refractivity contribution in [1.82, 2.24) is 15.2 Å². The van der Waals surface area contributed by atoms with Crippen LogP contribution in [-0.4, -0.2) is 48.5 Å². The first-order chi connectivity index (χ1) is 9.38. The third-order valence-corrected chi connectivity index (χ3v) is 2.97. The predicted octanol–water partition coefficient (Wildman–Crippen LogP) is 1.01. The van der Waals surface area contributed by atoms with E-state index in [1.54, 1.807) is 13.2 Å². The molecule has 19 heavy (non-hydrogen) atoms. The molecule has 0 amide bonds. The maximum Gasteiger partial charge on any atom is 0.315 e. The fraction of sp³-hybridized carbons (Fsp3) is 0.417. The first-order valence-electron chi connectivity index (χ1n) is 6.18. The van der Waals surface area contributed by atoms with E-state index in [0.717, 1.165) is 24.5 Å². The molecule has 7 heteroatoms. The lowest BCUT2D eigenvalue weighted by Crippen LogP contribution is -2.37. The van der Waals surface area contributed by atoms with Gasteiger partial charge in [-0.3, -0.25) is 0 Å². The van der Waals surface area contributed by atoms with E-state index in [9.17, 15) is 0 Å². The summed E-state index contributed by atoms with van der Waals surface area (Å²) >= 11 is 0. The van der Waals surface area contributed by atoms with Crippen LogP contribution in [-0.2, 0) is 4.74 Å². The van der Waals surface area contributed by atoms with Crippen LogP contribution in [0.3, 0.4) is 0 Å². The molecule has 1 aliphatic rings. The van der Waals surface area contributed by atoms with Gasteiger partial charge in [0, 0.05) is 26.3 Å².